The molecule has 0 aliphatic carbocycles. The largest absolute Gasteiger partial charge is 0.492 e. The third-order valence-corrected chi connectivity index (χ3v) is 8.11. The summed E-state index contributed by atoms with van der Waals surface area (Å²) in [6, 6.07) is 27.5. The topological polar surface area (TPSA) is 113 Å². The van der Waals surface area contributed by atoms with Crippen molar-refractivity contribution in [3.05, 3.63) is 107 Å². The van der Waals surface area contributed by atoms with Gasteiger partial charge in [0.15, 0.2) is 0 Å². The third-order valence-electron chi connectivity index (χ3n) is 6.19. The molecule has 0 aliphatic heterocycles. The van der Waals surface area contributed by atoms with Gasteiger partial charge >= 0.3 is 12.2 Å². The maximum absolute atomic E-state index is 13.6. The zero-order chi connectivity index (χ0) is 34.3. The fraction of sp³-hybridized carbons (Fsp3) is 0.235. The molecule has 4 aromatic rings. The summed E-state index contributed by atoms with van der Waals surface area (Å²) in [5.74, 6) is 3.35. The highest BCUT2D eigenvalue weighted by atomic mass is 35.5. The van der Waals surface area contributed by atoms with Crippen LogP contribution in [0.2, 0.25) is 10.0 Å². The summed E-state index contributed by atoms with van der Waals surface area (Å²) in [7, 11) is 0. The first-order valence-electron chi connectivity index (χ1n) is 14.9. The SMILES string of the molecule is CCOC(=O)N(CCOc1ccc(Oc2ccc(Cl)cc2)cc1)S(=O)N(CCOc1ccc(Oc2ccc(Cl)cc2)cc1)C(=O)OCC. The quantitative estimate of drug-likeness (QED) is 0.113. The summed E-state index contributed by atoms with van der Waals surface area (Å²) >= 11 is 9.51. The summed E-state index contributed by atoms with van der Waals surface area (Å²) in [4.78, 5) is 25.7. The maximum Gasteiger partial charge on any atom is 0.423 e. The molecule has 0 unspecified atom stereocenters. The molecule has 0 spiro atoms. The van der Waals surface area contributed by atoms with Gasteiger partial charge in [-0.25, -0.2) is 22.4 Å². The van der Waals surface area contributed by atoms with E-state index in [4.69, 9.17) is 51.6 Å². The molecular formula is C34H34Cl2N2O9S. The molecule has 2 amide bonds. The highest BCUT2D eigenvalue weighted by Gasteiger charge is 2.31. The minimum Gasteiger partial charge on any atom is -0.492 e. The Morgan fingerprint density at radius 1 is 0.542 bits per heavy atom. The number of hydrogen-bond donors (Lipinski definition) is 0. The van der Waals surface area contributed by atoms with E-state index in [1.54, 1.807) is 111 Å². The molecule has 0 aromatic heterocycles. The normalized spacial score (nSPS) is 10.6. The molecule has 48 heavy (non-hydrogen) atoms. The third kappa shape index (κ3) is 11.3. The number of halogens is 2. The monoisotopic (exact) mass is 716 g/mol. The molecule has 11 nitrogen and oxygen atoms in total. The number of rotatable bonds is 16. The summed E-state index contributed by atoms with van der Waals surface area (Å²) < 4.78 is 48.8. The number of carbonyl (C=O) groups excluding carboxylic acids is 2. The van der Waals surface area contributed by atoms with Gasteiger partial charge in [0, 0.05) is 10.0 Å². The van der Waals surface area contributed by atoms with Crippen molar-refractivity contribution in [2.75, 3.05) is 39.5 Å². The number of carbonyl (C=O) groups is 2. The van der Waals surface area contributed by atoms with Crippen LogP contribution in [0.15, 0.2) is 97.1 Å². The minimum atomic E-state index is -2.33. The number of benzene rings is 4. The lowest BCUT2D eigenvalue weighted by Gasteiger charge is -2.27. The van der Waals surface area contributed by atoms with E-state index < -0.39 is 23.4 Å². The average molecular weight is 718 g/mol. The fourth-order valence-electron chi connectivity index (χ4n) is 3.95. The Morgan fingerprint density at radius 2 is 0.833 bits per heavy atom. The first-order chi connectivity index (χ1) is 23.2. The second kappa shape index (κ2) is 18.6. The molecule has 0 atom stereocenters. The van der Waals surface area contributed by atoms with E-state index in [0.717, 1.165) is 8.61 Å². The number of hydrogen-bond acceptors (Lipinski definition) is 9. The Kier molecular flexibility index (Phi) is 14.0. The summed E-state index contributed by atoms with van der Waals surface area (Å²) in [5, 5.41) is 1.21. The standard InChI is InChI=1S/C34H34Cl2N2O9S/c1-3-42-33(39)37(21-23-44-27-13-17-31(18-14-27)46-29-9-5-25(35)6-10-29)48(41)38(34(40)43-4-2)22-24-45-28-15-19-32(20-16-28)47-30-11-7-26(36)8-12-30/h5-20H,3-4,21-24H2,1-2H3. The predicted octanol–water partition coefficient (Wildman–Crippen LogP) is 8.53. The van der Waals surface area contributed by atoms with Crippen molar-refractivity contribution in [1.29, 1.82) is 0 Å². The van der Waals surface area contributed by atoms with Crippen LogP contribution < -0.4 is 18.9 Å². The number of amides is 2. The van der Waals surface area contributed by atoms with E-state index in [9.17, 15) is 13.8 Å². The van der Waals surface area contributed by atoms with Gasteiger partial charge in [-0.3, -0.25) is 0 Å². The molecule has 4 rings (SSSR count). The second-order valence-electron chi connectivity index (χ2n) is 9.58. The van der Waals surface area contributed by atoms with Crippen LogP contribution in [0.3, 0.4) is 0 Å². The Morgan fingerprint density at radius 3 is 1.15 bits per heavy atom. The van der Waals surface area contributed by atoms with E-state index >= 15 is 0 Å². The van der Waals surface area contributed by atoms with Crippen LogP contribution in [0.1, 0.15) is 13.8 Å². The van der Waals surface area contributed by atoms with Crippen LogP contribution >= 0.6 is 23.2 Å². The van der Waals surface area contributed by atoms with Gasteiger partial charge in [-0.15, -0.1) is 0 Å². The van der Waals surface area contributed by atoms with Crippen LogP contribution in [-0.4, -0.2) is 64.5 Å². The van der Waals surface area contributed by atoms with E-state index in [-0.39, 0.29) is 39.5 Å². The molecule has 0 aliphatic rings. The smallest absolute Gasteiger partial charge is 0.423 e. The van der Waals surface area contributed by atoms with Crippen LogP contribution in [0.4, 0.5) is 9.59 Å². The molecule has 0 saturated carbocycles. The highest BCUT2D eigenvalue weighted by molar-refractivity contribution is 7.81. The van der Waals surface area contributed by atoms with Crippen molar-refractivity contribution in [2.45, 2.75) is 13.8 Å². The number of nitrogens with zero attached hydrogens (tertiary/aromatic N) is 2. The Hall–Kier alpha value is -4.65. The molecule has 4 aromatic carbocycles. The van der Waals surface area contributed by atoms with Gasteiger partial charge in [-0.05, 0) is 111 Å². The van der Waals surface area contributed by atoms with Gasteiger partial charge in [-0.1, -0.05) is 23.2 Å². The van der Waals surface area contributed by atoms with E-state index in [1.165, 1.54) is 0 Å². The lowest BCUT2D eigenvalue weighted by atomic mass is 10.3. The fourth-order valence-corrected chi connectivity index (χ4v) is 5.27. The lowest BCUT2D eigenvalue weighted by Crippen LogP contribution is -2.48. The molecule has 254 valence electrons. The first kappa shape index (κ1) is 36.2. The maximum atomic E-state index is 13.6. The van der Waals surface area contributed by atoms with Crippen molar-refractivity contribution in [1.82, 2.24) is 8.61 Å². The zero-order valence-electron chi connectivity index (χ0n) is 26.2. The van der Waals surface area contributed by atoms with Crippen molar-refractivity contribution >= 4 is 46.6 Å². The highest BCUT2D eigenvalue weighted by Crippen LogP contribution is 2.26. The average Bonchev–Trinajstić information content (AvgIpc) is 3.08. The zero-order valence-corrected chi connectivity index (χ0v) is 28.5. The van der Waals surface area contributed by atoms with Crippen molar-refractivity contribution in [2.24, 2.45) is 0 Å². The number of ether oxygens (including phenoxy) is 6. The first-order valence-corrected chi connectivity index (χ1v) is 16.7. The minimum absolute atomic E-state index is 0.0305. The molecule has 0 heterocycles. The van der Waals surface area contributed by atoms with Gasteiger partial charge in [0.25, 0.3) is 0 Å². The summed E-state index contributed by atoms with van der Waals surface area (Å²) in [5.41, 5.74) is 0. The molecule has 0 fully saturated rings. The molecule has 0 radical (unpaired) electrons. The van der Waals surface area contributed by atoms with Gasteiger partial charge in [0.2, 0.25) is 11.2 Å². The van der Waals surface area contributed by atoms with Gasteiger partial charge in [-0.2, -0.15) is 0 Å². The Labute approximate surface area is 291 Å². The van der Waals surface area contributed by atoms with Crippen LogP contribution in [-0.2, 0) is 20.6 Å². The van der Waals surface area contributed by atoms with Gasteiger partial charge in [0.1, 0.15) is 47.7 Å². The van der Waals surface area contributed by atoms with Crippen molar-refractivity contribution in [3.8, 4) is 34.5 Å². The molecule has 14 heteroatoms. The summed E-state index contributed by atoms with van der Waals surface area (Å²) in [6.07, 6.45) is -1.78. The molecule has 0 N–H and O–H groups in total. The van der Waals surface area contributed by atoms with Crippen molar-refractivity contribution in [3.63, 3.8) is 0 Å². The lowest BCUT2D eigenvalue weighted by molar-refractivity contribution is 0.118. The molecule has 0 saturated heterocycles. The Bertz CT molecular complexity index is 1500. The van der Waals surface area contributed by atoms with Crippen LogP contribution in [0.25, 0.3) is 0 Å². The van der Waals surface area contributed by atoms with E-state index in [0.29, 0.717) is 44.5 Å². The molecular weight excluding hydrogens is 683 g/mol. The van der Waals surface area contributed by atoms with Crippen molar-refractivity contribution < 1.29 is 42.2 Å². The van der Waals surface area contributed by atoms with Crippen LogP contribution in [0.5, 0.6) is 34.5 Å². The predicted molar refractivity (Wildman–Crippen MR) is 183 cm³/mol. The van der Waals surface area contributed by atoms with E-state index in [1.807, 2.05) is 0 Å². The van der Waals surface area contributed by atoms with Gasteiger partial charge < -0.3 is 28.4 Å². The Balaban J connectivity index is 1.34. The summed E-state index contributed by atoms with van der Waals surface area (Å²) in [6.45, 7) is 2.85. The second-order valence-corrected chi connectivity index (χ2v) is 11.8. The van der Waals surface area contributed by atoms with Crippen LogP contribution in [0, 0.1) is 0 Å². The molecule has 0 bridgehead atoms. The van der Waals surface area contributed by atoms with Gasteiger partial charge in [0.05, 0.1) is 26.3 Å². The van der Waals surface area contributed by atoms with E-state index in [2.05, 4.69) is 0 Å².